The number of ether oxygens (including phenoxy) is 3. The number of rotatable bonds is 6. The molecule has 4 rings (SSSR count). The number of fused-ring (bicyclic) bond motifs is 2. The maximum Gasteiger partial charge on any atom is 0.231 e. The molecule has 1 unspecified atom stereocenters. The van der Waals surface area contributed by atoms with Gasteiger partial charge in [0.2, 0.25) is 6.79 Å². The Hall–Kier alpha value is -1.50. The van der Waals surface area contributed by atoms with Crippen molar-refractivity contribution in [2.75, 3.05) is 39.6 Å². The Morgan fingerprint density at radius 3 is 2.88 bits per heavy atom. The van der Waals surface area contributed by atoms with Crippen molar-refractivity contribution in [2.45, 2.75) is 44.8 Å². The number of hydrogen-bond acceptors (Lipinski definition) is 6. The van der Waals surface area contributed by atoms with Crippen LogP contribution in [0.25, 0.3) is 0 Å². The van der Waals surface area contributed by atoms with Crippen LogP contribution in [0.1, 0.15) is 31.7 Å². The first-order valence-electron chi connectivity index (χ1n) is 9.42. The Balaban J connectivity index is 1.56. The van der Waals surface area contributed by atoms with E-state index in [9.17, 15) is 5.11 Å². The Bertz CT molecular complexity index is 609. The van der Waals surface area contributed by atoms with Gasteiger partial charge in [0.25, 0.3) is 0 Å². The quantitative estimate of drug-likeness (QED) is 0.847. The summed E-state index contributed by atoms with van der Waals surface area (Å²) in [6, 6.07) is 5.05. The lowest BCUT2D eigenvalue weighted by Gasteiger charge is -2.43. The molecule has 25 heavy (non-hydrogen) atoms. The molecule has 0 radical (unpaired) electrons. The van der Waals surface area contributed by atoms with Crippen LogP contribution >= 0.6 is 0 Å². The third-order valence-electron chi connectivity index (χ3n) is 5.60. The van der Waals surface area contributed by atoms with E-state index >= 15 is 0 Å². The van der Waals surface area contributed by atoms with Crippen LogP contribution in [-0.4, -0.2) is 66.6 Å². The third kappa shape index (κ3) is 3.43. The molecule has 3 aliphatic heterocycles. The standard InChI is InChI=1S/C19H28N2O4/c1-2-23-17-9-19-18(24-13-25-19)8-14(17)10-21-12-15-4-3-6-20(15)11-16(21)5-7-22/h8-9,15-16,22H,2-7,10-13H2,1H3/t15?,16-/m0/s1. The van der Waals surface area contributed by atoms with Crippen LogP contribution in [-0.2, 0) is 6.54 Å². The summed E-state index contributed by atoms with van der Waals surface area (Å²) in [6.45, 7) is 7.28. The summed E-state index contributed by atoms with van der Waals surface area (Å²) >= 11 is 0. The summed E-state index contributed by atoms with van der Waals surface area (Å²) in [5.74, 6) is 2.44. The van der Waals surface area contributed by atoms with Gasteiger partial charge in [0.1, 0.15) is 5.75 Å². The predicted molar refractivity (Wildman–Crippen MR) is 94.2 cm³/mol. The molecule has 0 aromatic heterocycles. The van der Waals surface area contributed by atoms with Gasteiger partial charge in [-0.1, -0.05) is 0 Å². The fraction of sp³-hybridized carbons (Fsp3) is 0.684. The highest BCUT2D eigenvalue weighted by molar-refractivity contribution is 5.51. The van der Waals surface area contributed by atoms with Gasteiger partial charge in [0.05, 0.1) is 6.61 Å². The zero-order valence-corrected chi connectivity index (χ0v) is 14.9. The Labute approximate surface area is 149 Å². The lowest BCUT2D eigenvalue weighted by Crippen LogP contribution is -2.55. The van der Waals surface area contributed by atoms with E-state index in [2.05, 4.69) is 15.9 Å². The van der Waals surface area contributed by atoms with E-state index in [1.165, 1.54) is 19.4 Å². The van der Waals surface area contributed by atoms with E-state index in [1.807, 2.05) is 13.0 Å². The minimum atomic E-state index is 0.235. The van der Waals surface area contributed by atoms with Crippen molar-refractivity contribution in [3.63, 3.8) is 0 Å². The first kappa shape index (κ1) is 16.9. The lowest BCUT2D eigenvalue weighted by atomic mass is 10.0. The van der Waals surface area contributed by atoms with Crippen LogP contribution in [0.2, 0.25) is 0 Å². The maximum absolute atomic E-state index is 9.50. The van der Waals surface area contributed by atoms with Gasteiger partial charge in [0, 0.05) is 50.0 Å². The normalized spacial score (nSPS) is 26.0. The Kier molecular flexibility index (Phi) is 5.01. The monoisotopic (exact) mass is 348 g/mol. The molecule has 2 saturated heterocycles. The van der Waals surface area contributed by atoms with E-state index in [1.54, 1.807) is 0 Å². The van der Waals surface area contributed by atoms with Crippen molar-refractivity contribution in [1.82, 2.24) is 9.80 Å². The molecule has 0 saturated carbocycles. The average molecular weight is 348 g/mol. The van der Waals surface area contributed by atoms with E-state index < -0.39 is 0 Å². The minimum Gasteiger partial charge on any atom is -0.493 e. The van der Waals surface area contributed by atoms with Crippen LogP contribution in [0.5, 0.6) is 17.2 Å². The Morgan fingerprint density at radius 1 is 1.24 bits per heavy atom. The van der Waals surface area contributed by atoms with E-state index in [0.717, 1.165) is 48.9 Å². The number of piperazine rings is 1. The second kappa shape index (κ2) is 7.40. The van der Waals surface area contributed by atoms with Crippen LogP contribution in [0.4, 0.5) is 0 Å². The van der Waals surface area contributed by atoms with Crippen molar-refractivity contribution in [3.8, 4) is 17.2 Å². The molecular weight excluding hydrogens is 320 g/mol. The summed E-state index contributed by atoms with van der Waals surface area (Å²) in [7, 11) is 0. The predicted octanol–water partition coefficient (Wildman–Crippen LogP) is 1.84. The van der Waals surface area contributed by atoms with Crippen molar-refractivity contribution in [2.24, 2.45) is 0 Å². The first-order chi connectivity index (χ1) is 12.3. The van der Waals surface area contributed by atoms with Crippen LogP contribution in [0.3, 0.4) is 0 Å². The number of benzene rings is 1. The molecule has 1 aromatic rings. The highest BCUT2D eigenvalue weighted by Gasteiger charge is 2.36. The van der Waals surface area contributed by atoms with Gasteiger partial charge in [-0.3, -0.25) is 9.80 Å². The van der Waals surface area contributed by atoms with Crippen LogP contribution in [0, 0.1) is 0 Å². The van der Waals surface area contributed by atoms with Gasteiger partial charge < -0.3 is 19.3 Å². The molecule has 0 amide bonds. The molecule has 3 aliphatic rings. The van der Waals surface area contributed by atoms with Gasteiger partial charge >= 0.3 is 0 Å². The molecule has 6 nitrogen and oxygen atoms in total. The molecule has 6 heteroatoms. The Morgan fingerprint density at radius 2 is 2.08 bits per heavy atom. The maximum atomic E-state index is 9.50. The highest BCUT2D eigenvalue weighted by Crippen LogP contribution is 2.39. The molecule has 138 valence electrons. The second-order valence-electron chi connectivity index (χ2n) is 7.13. The van der Waals surface area contributed by atoms with Crippen molar-refractivity contribution in [3.05, 3.63) is 17.7 Å². The van der Waals surface area contributed by atoms with Gasteiger partial charge in [-0.25, -0.2) is 0 Å². The number of aliphatic hydroxyl groups is 1. The molecular formula is C19H28N2O4. The van der Waals surface area contributed by atoms with Crippen molar-refractivity contribution < 1.29 is 19.3 Å². The minimum absolute atomic E-state index is 0.235. The molecule has 3 heterocycles. The topological polar surface area (TPSA) is 54.4 Å². The van der Waals surface area contributed by atoms with Gasteiger partial charge in [0.15, 0.2) is 11.5 Å². The number of nitrogens with zero attached hydrogens (tertiary/aromatic N) is 2. The molecule has 0 bridgehead atoms. The molecule has 1 N–H and O–H groups in total. The molecule has 1 aromatic carbocycles. The fourth-order valence-electron chi connectivity index (χ4n) is 4.36. The smallest absolute Gasteiger partial charge is 0.231 e. The van der Waals surface area contributed by atoms with E-state index in [-0.39, 0.29) is 13.4 Å². The number of aliphatic hydroxyl groups excluding tert-OH is 1. The zero-order valence-electron chi connectivity index (χ0n) is 14.9. The second-order valence-corrected chi connectivity index (χ2v) is 7.13. The number of hydrogen-bond donors (Lipinski definition) is 1. The van der Waals surface area contributed by atoms with Crippen LogP contribution < -0.4 is 14.2 Å². The SMILES string of the molecule is CCOc1cc2c(cc1CN1CC3CCCN3C[C@@H]1CCO)OCO2. The van der Waals surface area contributed by atoms with E-state index in [0.29, 0.717) is 18.7 Å². The highest BCUT2D eigenvalue weighted by atomic mass is 16.7. The largest absolute Gasteiger partial charge is 0.493 e. The molecule has 0 aliphatic carbocycles. The average Bonchev–Trinajstić information content (AvgIpc) is 3.24. The van der Waals surface area contributed by atoms with Crippen LogP contribution in [0.15, 0.2) is 12.1 Å². The van der Waals surface area contributed by atoms with E-state index in [4.69, 9.17) is 14.2 Å². The first-order valence-corrected chi connectivity index (χ1v) is 9.42. The zero-order chi connectivity index (χ0) is 17.2. The van der Waals surface area contributed by atoms with Gasteiger partial charge in [-0.05, 0) is 38.8 Å². The summed E-state index contributed by atoms with van der Waals surface area (Å²) in [5, 5.41) is 9.50. The summed E-state index contributed by atoms with van der Waals surface area (Å²) < 4.78 is 16.9. The van der Waals surface area contributed by atoms with Gasteiger partial charge in [-0.15, -0.1) is 0 Å². The van der Waals surface area contributed by atoms with Gasteiger partial charge in [-0.2, -0.15) is 0 Å². The summed E-state index contributed by atoms with van der Waals surface area (Å²) in [4.78, 5) is 5.11. The van der Waals surface area contributed by atoms with Crippen molar-refractivity contribution >= 4 is 0 Å². The summed E-state index contributed by atoms with van der Waals surface area (Å²) in [5.41, 5.74) is 1.14. The molecule has 2 atom stereocenters. The molecule has 0 spiro atoms. The fourth-order valence-corrected chi connectivity index (χ4v) is 4.36. The van der Waals surface area contributed by atoms with Crippen molar-refractivity contribution in [1.29, 1.82) is 0 Å². The summed E-state index contributed by atoms with van der Waals surface area (Å²) in [6.07, 6.45) is 3.39. The molecule has 2 fully saturated rings. The third-order valence-corrected chi connectivity index (χ3v) is 5.60. The lowest BCUT2D eigenvalue weighted by molar-refractivity contribution is 0.0328.